The fourth-order valence-electron chi connectivity index (χ4n) is 4.46. The molecule has 2 heterocycles. The van der Waals surface area contributed by atoms with Crippen LogP contribution in [0.2, 0.25) is 0 Å². The summed E-state index contributed by atoms with van der Waals surface area (Å²) in [6.45, 7) is 3.79. The Morgan fingerprint density at radius 2 is 1.94 bits per heavy atom. The summed E-state index contributed by atoms with van der Waals surface area (Å²) >= 11 is 0. The number of hydrogen-bond donors (Lipinski definition) is 2. The van der Waals surface area contributed by atoms with Crippen molar-refractivity contribution < 1.29 is 32.5 Å². The fraction of sp³-hybridized carbons (Fsp3) is 0.333. The first-order chi connectivity index (χ1) is 16.0. The molecule has 2 aromatic heterocycles. The van der Waals surface area contributed by atoms with Crippen molar-refractivity contribution >= 4 is 27.8 Å². The molecule has 0 unspecified atom stereocenters. The van der Waals surface area contributed by atoms with Gasteiger partial charge in [0.25, 0.3) is 0 Å². The van der Waals surface area contributed by atoms with E-state index in [9.17, 15) is 23.1 Å². The number of ether oxygens (including phenoxy) is 2. The first kappa shape index (κ1) is 23.6. The molecule has 0 amide bonds. The molecule has 34 heavy (non-hydrogen) atoms. The Morgan fingerprint density at radius 3 is 2.59 bits per heavy atom. The number of aromatic nitrogens is 3. The zero-order valence-corrected chi connectivity index (χ0v) is 19.1. The molecule has 180 valence electrons. The fourth-order valence-corrected chi connectivity index (χ4v) is 4.46. The van der Waals surface area contributed by atoms with Gasteiger partial charge in [0.05, 0.1) is 37.4 Å². The summed E-state index contributed by atoms with van der Waals surface area (Å²) in [4.78, 5) is 11.4. The van der Waals surface area contributed by atoms with Gasteiger partial charge in [0, 0.05) is 40.7 Å². The van der Waals surface area contributed by atoms with Crippen LogP contribution in [0, 0.1) is 5.82 Å². The number of methoxy groups -OCH3 is 2. The first-order valence-corrected chi connectivity index (χ1v) is 10.4. The lowest BCUT2D eigenvalue weighted by Crippen LogP contribution is -2.33. The van der Waals surface area contributed by atoms with Crippen molar-refractivity contribution in [2.45, 2.75) is 31.6 Å². The van der Waals surface area contributed by atoms with Gasteiger partial charge in [-0.05, 0) is 29.8 Å². The number of H-pyrrole nitrogens is 1. The quantitative estimate of drug-likeness (QED) is 0.381. The van der Waals surface area contributed by atoms with Gasteiger partial charge in [-0.1, -0.05) is 13.8 Å². The molecular weight excluding hydrogens is 451 g/mol. The van der Waals surface area contributed by atoms with E-state index in [2.05, 4.69) is 10.2 Å². The molecule has 4 aromatic rings. The second kappa shape index (κ2) is 8.35. The van der Waals surface area contributed by atoms with E-state index in [0.717, 1.165) is 5.39 Å². The van der Waals surface area contributed by atoms with Crippen molar-refractivity contribution in [3.63, 3.8) is 0 Å². The second-order valence-corrected chi connectivity index (χ2v) is 8.81. The molecule has 7 nitrogen and oxygen atoms in total. The molecular formula is C24H24F3N3O4. The zero-order valence-electron chi connectivity index (χ0n) is 19.1. The van der Waals surface area contributed by atoms with Gasteiger partial charge in [0.2, 0.25) is 0 Å². The first-order valence-electron chi connectivity index (χ1n) is 10.4. The van der Waals surface area contributed by atoms with Crippen LogP contribution >= 0.6 is 0 Å². The molecule has 0 aliphatic carbocycles. The summed E-state index contributed by atoms with van der Waals surface area (Å²) in [7, 11) is 2.83. The monoisotopic (exact) mass is 475 g/mol. The number of nitrogens with one attached hydrogen (secondary N) is 1. The smallest absolute Gasteiger partial charge is 0.374 e. The highest BCUT2D eigenvalue weighted by Crippen LogP contribution is 2.41. The third kappa shape index (κ3) is 3.87. The van der Waals surface area contributed by atoms with Gasteiger partial charge in [-0.2, -0.15) is 13.9 Å². The number of hydrogen-bond acceptors (Lipinski definition) is 4. The number of carbonyl (C=O) groups is 1. The Kier molecular flexibility index (Phi) is 5.80. The Hall–Kier alpha value is -3.53. The van der Waals surface area contributed by atoms with E-state index in [1.54, 1.807) is 22.9 Å². The Bertz CT molecular complexity index is 1390. The summed E-state index contributed by atoms with van der Waals surface area (Å²) in [5.74, 6) is -6.82. The molecule has 0 atom stereocenters. The minimum Gasteiger partial charge on any atom is -0.494 e. The van der Waals surface area contributed by atoms with Gasteiger partial charge in [-0.3, -0.25) is 5.10 Å². The van der Waals surface area contributed by atoms with E-state index in [1.165, 1.54) is 32.4 Å². The van der Waals surface area contributed by atoms with E-state index in [4.69, 9.17) is 9.47 Å². The molecule has 0 aliphatic rings. The van der Waals surface area contributed by atoms with E-state index in [0.29, 0.717) is 27.8 Å². The van der Waals surface area contributed by atoms with Gasteiger partial charge in [-0.25, -0.2) is 9.18 Å². The van der Waals surface area contributed by atoms with E-state index < -0.39 is 29.5 Å². The standard InChI is InChI=1S/C24H24F3N3O4/c1-23(2,12-33-3)21-16(10-24(26,27)22(31)32)15-9-18-13(11-28-29-18)7-19(15)30(21)14-5-6-17(25)20(8-14)34-4/h5-9,11H,10,12H2,1-4H3,(H,28,29)(H,31,32). The molecule has 0 bridgehead atoms. The van der Waals surface area contributed by atoms with Gasteiger partial charge in [0.15, 0.2) is 11.6 Å². The maximum absolute atomic E-state index is 14.6. The van der Waals surface area contributed by atoms with Crippen LogP contribution in [0.1, 0.15) is 25.1 Å². The highest BCUT2D eigenvalue weighted by Gasteiger charge is 2.43. The van der Waals surface area contributed by atoms with Crippen molar-refractivity contribution in [1.82, 2.24) is 14.8 Å². The average Bonchev–Trinajstić information content (AvgIpc) is 3.34. The summed E-state index contributed by atoms with van der Waals surface area (Å²) in [6, 6.07) is 7.67. The Morgan fingerprint density at radius 1 is 1.21 bits per heavy atom. The van der Waals surface area contributed by atoms with Crippen LogP contribution in [0.15, 0.2) is 36.5 Å². The Balaban J connectivity index is 2.16. The Labute approximate surface area is 193 Å². The van der Waals surface area contributed by atoms with Crippen molar-refractivity contribution in [3.05, 3.63) is 53.6 Å². The number of aromatic amines is 1. The normalized spacial score (nSPS) is 12.6. The minimum absolute atomic E-state index is 0.0170. The van der Waals surface area contributed by atoms with Crippen molar-refractivity contribution in [1.29, 1.82) is 0 Å². The third-order valence-corrected chi connectivity index (χ3v) is 5.88. The zero-order chi connectivity index (χ0) is 24.8. The van der Waals surface area contributed by atoms with E-state index in [1.807, 2.05) is 13.8 Å². The SMILES string of the molecule is COCC(C)(C)c1c(CC(F)(F)C(=O)O)c2cc3[nH]ncc3cc2n1-c1ccc(F)c(OC)c1. The second-order valence-electron chi connectivity index (χ2n) is 8.81. The number of rotatable bonds is 8. The highest BCUT2D eigenvalue weighted by molar-refractivity contribution is 5.99. The highest BCUT2D eigenvalue weighted by atomic mass is 19.3. The van der Waals surface area contributed by atoms with Gasteiger partial charge in [0.1, 0.15) is 0 Å². The van der Waals surface area contributed by atoms with Crippen LogP contribution in [0.4, 0.5) is 13.2 Å². The number of carboxylic acids is 1. The van der Waals surface area contributed by atoms with Gasteiger partial charge in [-0.15, -0.1) is 0 Å². The molecule has 10 heteroatoms. The van der Waals surface area contributed by atoms with Crippen LogP contribution in [0.5, 0.6) is 5.75 Å². The minimum atomic E-state index is -4.01. The predicted octanol–water partition coefficient (Wildman–Crippen LogP) is 4.84. The topological polar surface area (TPSA) is 89.4 Å². The molecule has 4 rings (SSSR count). The molecule has 0 radical (unpaired) electrons. The van der Waals surface area contributed by atoms with Gasteiger partial charge < -0.3 is 19.1 Å². The number of fused-ring (bicyclic) bond motifs is 2. The molecule has 0 saturated heterocycles. The lowest BCUT2D eigenvalue weighted by molar-refractivity contribution is -0.164. The molecule has 0 fully saturated rings. The lowest BCUT2D eigenvalue weighted by Gasteiger charge is -2.29. The third-order valence-electron chi connectivity index (χ3n) is 5.88. The predicted molar refractivity (Wildman–Crippen MR) is 121 cm³/mol. The maximum atomic E-state index is 14.6. The number of alkyl halides is 2. The van der Waals surface area contributed by atoms with Crippen molar-refractivity contribution in [2.24, 2.45) is 0 Å². The van der Waals surface area contributed by atoms with Crippen LogP contribution in [-0.2, 0) is 21.4 Å². The number of aliphatic carboxylic acids is 1. The molecule has 2 aromatic carbocycles. The summed E-state index contributed by atoms with van der Waals surface area (Å²) in [6.07, 6.45) is 0.565. The lowest BCUT2D eigenvalue weighted by atomic mass is 9.85. The van der Waals surface area contributed by atoms with E-state index in [-0.39, 0.29) is 17.9 Å². The summed E-state index contributed by atoms with van der Waals surface area (Å²) in [5.41, 5.74) is 1.37. The molecule has 0 saturated carbocycles. The molecule has 2 N–H and O–H groups in total. The molecule has 0 aliphatic heterocycles. The van der Waals surface area contributed by atoms with Crippen LogP contribution < -0.4 is 4.74 Å². The number of benzene rings is 2. The van der Waals surface area contributed by atoms with Crippen LogP contribution in [0.3, 0.4) is 0 Å². The van der Waals surface area contributed by atoms with Crippen molar-refractivity contribution in [3.8, 4) is 11.4 Å². The van der Waals surface area contributed by atoms with Crippen LogP contribution in [-0.4, -0.2) is 52.6 Å². The molecule has 0 spiro atoms. The maximum Gasteiger partial charge on any atom is 0.374 e. The van der Waals surface area contributed by atoms with Gasteiger partial charge >= 0.3 is 11.9 Å². The largest absolute Gasteiger partial charge is 0.494 e. The summed E-state index contributed by atoms with van der Waals surface area (Å²) < 4.78 is 55.7. The van der Waals surface area contributed by atoms with Crippen LogP contribution in [0.25, 0.3) is 27.5 Å². The number of nitrogens with zero attached hydrogens (tertiary/aromatic N) is 2. The number of carboxylic acid groups (broad SMARTS) is 1. The number of halogens is 3. The van der Waals surface area contributed by atoms with E-state index >= 15 is 0 Å². The average molecular weight is 475 g/mol. The van der Waals surface area contributed by atoms with Crippen molar-refractivity contribution in [2.75, 3.05) is 20.8 Å². The summed E-state index contributed by atoms with van der Waals surface area (Å²) in [5, 5.41) is 17.2.